The zero-order valence-corrected chi connectivity index (χ0v) is 11.7. The molecule has 0 fully saturated rings. The summed E-state index contributed by atoms with van der Waals surface area (Å²) in [5.41, 5.74) is 2.26. The summed E-state index contributed by atoms with van der Waals surface area (Å²) >= 11 is 10.3. The van der Waals surface area contributed by atoms with E-state index in [0.717, 1.165) is 12.0 Å². The van der Waals surface area contributed by atoms with E-state index in [1.165, 1.54) is 5.56 Å². The number of hydrogen-bond acceptors (Lipinski definition) is 0. The van der Waals surface area contributed by atoms with E-state index < -0.39 is 0 Å². The van der Waals surface area contributed by atoms with Gasteiger partial charge in [0.05, 0.1) is 0 Å². The van der Waals surface area contributed by atoms with Gasteiger partial charge >= 0.3 is 0 Å². The van der Waals surface area contributed by atoms with E-state index in [-0.39, 0.29) is 2.14 Å². The van der Waals surface area contributed by atoms with Gasteiger partial charge in [-0.3, -0.25) is 0 Å². The van der Waals surface area contributed by atoms with Gasteiger partial charge in [0.2, 0.25) is 0 Å². The molecule has 0 atom stereocenters. The van der Waals surface area contributed by atoms with Gasteiger partial charge in [0, 0.05) is 6.42 Å². The van der Waals surface area contributed by atoms with Crippen molar-refractivity contribution in [3.8, 4) is 0 Å². The highest BCUT2D eigenvalue weighted by Gasteiger charge is 2.19. The second kappa shape index (κ2) is 4.76. The Hall–Kier alpha value is 0.400. The minimum atomic E-state index is -0.236. The van der Waals surface area contributed by atoms with Crippen LogP contribution < -0.4 is 0 Å². The number of benzene rings is 1. The second-order valence-corrected chi connectivity index (χ2v) is 10.0. The lowest BCUT2D eigenvalue weighted by Gasteiger charge is -2.13. The highest BCUT2D eigenvalue weighted by atomic mass is 80.0. The number of allylic oxidation sites excluding steroid dienone is 1. The lowest BCUT2D eigenvalue weighted by atomic mass is 10.1. The minimum absolute atomic E-state index is 0.236. The number of rotatable bonds is 2. The Labute approximate surface area is 104 Å². The van der Waals surface area contributed by atoms with Crippen LogP contribution in [0.15, 0.2) is 36.9 Å². The zero-order chi connectivity index (χ0) is 9.90. The van der Waals surface area contributed by atoms with Gasteiger partial charge in [0.1, 0.15) is 2.14 Å². The molecular weight excluding hydrogens is 360 g/mol. The quantitative estimate of drug-likeness (QED) is 0.649. The van der Waals surface area contributed by atoms with E-state index >= 15 is 0 Å². The van der Waals surface area contributed by atoms with Crippen molar-refractivity contribution < 1.29 is 0 Å². The van der Waals surface area contributed by atoms with Crippen LogP contribution in [0, 0.1) is 0 Å². The predicted molar refractivity (Wildman–Crippen MR) is 69.6 cm³/mol. The van der Waals surface area contributed by atoms with Gasteiger partial charge in [-0.05, 0) is 11.1 Å². The van der Waals surface area contributed by atoms with Crippen LogP contribution >= 0.6 is 47.8 Å². The Bertz CT molecular complexity index is 285. The van der Waals surface area contributed by atoms with Crippen LogP contribution in [0.5, 0.6) is 0 Å². The van der Waals surface area contributed by atoms with E-state index in [2.05, 4.69) is 66.5 Å². The zero-order valence-electron chi connectivity index (χ0n) is 6.93. The minimum Gasteiger partial charge on any atom is -0.0951 e. The molecule has 0 saturated carbocycles. The van der Waals surface area contributed by atoms with Crippen LogP contribution in [-0.4, -0.2) is 2.14 Å². The molecule has 0 aliphatic carbocycles. The molecule has 0 N–H and O–H groups in total. The van der Waals surface area contributed by atoms with Gasteiger partial charge in [-0.25, -0.2) is 0 Å². The van der Waals surface area contributed by atoms with Crippen LogP contribution in [0.1, 0.15) is 12.0 Å². The Balaban J connectivity index is 2.71. The van der Waals surface area contributed by atoms with Crippen molar-refractivity contribution in [1.29, 1.82) is 0 Å². The van der Waals surface area contributed by atoms with E-state index in [9.17, 15) is 0 Å². The molecule has 1 aromatic rings. The molecule has 0 aliphatic heterocycles. The normalized spacial score (nSPS) is 11.3. The van der Waals surface area contributed by atoms with E-state index in [1.807, 2.05) is 18.2 Å². The smallest absolute Gasteiger partial charge is 0.0951 e. The van der Waals surface area contributed by atoms with Crippen LogP contribution in [0.2, 0.25) is 0 Å². The maximum Gasteiger partial charge on any atom is 0.139 e. The summed E-state index contributed by atoms with van der Waals surface area (Å²) in [6.07, 6.45) is 0.803. The van der Waals surface area contributed by atoms with E-state index in [0.29, 0.717) is 0 Å². The Morgan fingerprint density at radius 1 is 1.15 bits per heavy atom. The molecule has 0 aliphatic rings. The van der Waals surface area contributed by atoms with Crippen LogP contribution in [-0.2, 0) is 0 Å². The molecule has 70 valence electrons. The van der Waals surface area contributed by atoms with Crippen LogP contribution in [0.3, 0.4) is 0 Å². The molecule has 0 radical (unpaired) electrons. The van der Waals surface area contributed by atoms with Gasteiger partial charge in [0.25, 0.3) is 0 Å². The first-order valence-corrected chi connectivity index (χ1v) is 6.17. The molecule has 13 heavy (non-hydrogen) atoms. The first kappa shape index (κ1) is 11.5. The summed E-state index contributed by atoms with van der Waals surface area (Å²) in [5.74, 6) is 0. The highest BCUT2D eigenvalue weighted by molar-refractivity contribution is 9.39. The Kier molecular flexibility index (Phi) is 4.20. The molecular formula is C10H9Br3. The maximum atomic E-state index is 4.02. The molecule has 0 saturated heterocycles. The van der Waals surface area contributed by atoms with Crippen LogP contribution in [0.25, 0.3) is 5.57 Å². The van der Waals surface area contributed by atoms with E-state index in [4.69, 9.17) is 0 Å². The molecule has 1 aromatic carbocycles. The average Bonchev–Trinajstić information content (AvgIpc) is 2.03. The van der Waals surface area contributed by atoms with Gasteiger partial charge in [0.15, 0.2) is 0 Å². The largest absolute Gasteiger partial charge is 0.139 e. The Morgan fingerprint density at radius 2 is 1.69 bits per heavy atom. The molecule has 0 nitrogen and oxygen atoms in total. The van der Waals surface area contributed by atoms with Crippen molar-refractivity contribution >= 4 is 53.4 Å². The SMILES string of the molecule is C=C(CC(Br)(Br)Br)c1ccccc1. The third-order valence-electron chi connectivity index (χ3n) is 1.60. The fourth-order valence-electron chi connectivity index (χ4n) is 1.02. The average molecular weight is 369 g/mol. The molecule has 0 amide bonds. The van der Waals surface area contributed by atoms with Crippen molar-refractivity contribution in [2.24, 2.45) is 0 Å². The predicted octanol–water partition coefficient (Wildman–Crippen LogP) is 4.93. The number of halogens is 3. The summed E-state index contributed by atoms with van der Waals surface area (Å²) in [7, 11) is 0. The molecule has 0 spiro atoms. The van der Waals surface area contributed by atoms with Crippen molar-refractivity contribution in [3.05, 3.63) is 42.5 Å². The third kappa shape index (κ3) is 4.43. The monoisotopic (exact) mass is 366 g/mol. The van der Waals surface area contributed by atoms with E-state index in [1.54, 1.807) is 0 Å². The van der Waals surface area contributed by atoms with Gasteiger partial charge in [-0.1, -0.05) is 84.7 Å². The first-order chi connectivity index (χ1) is 5.99. The van der Waals surface area contributed by atoms with Crippen molar-refractivity contribution in [2.45, 2.75) is 8.56 Å². The fourth-order valence-corrected chi connectivity index (χ4v) is 2.03. The lowest BCUT2D eigenvalue weighted by molar-refractivity contribution is 1.19. The summed E-state index contributed by atoms with van der Waals surface area (Å²) < 4.78 is -0.236. The topological polar surface area (TPSA) is 0 Å². The van der Waals surface area contributed by atoms with Crippen LogP contribution in [0.4, 0.5) is 0 Å². The Morgan fingerprint density at radius 3 is 2.15 bits per heavy atom. The van der Waals surface area contributed by atoms with Gasteiger partial charge in [-0.15, -0.1) is 0 Å². The summed E-state index contributed by atoms with van der Waals surface area (Å²) in [4.78, 5) is 0. The first-order valence-electron chi connectivity index (χ1n) is 3.79. The molecule has 0 unspecified atom stereocenters. The molecule has 0 heterocycles. The van der Waals surface area contributed by atoms with Crippen molar-refractivity contribution in [2.75, 3.05) is 0 Å². The molecule has 0 bridgehead atoms. The number of alkyl halides is 3. The standard InChI is InChI=1S/C10H9Br3/c1-8(7-10(11,12)13)9-5-3-2-4-6-9/h2-6H,1,7H2. The fraction of sp³-hybridized carbons (Fsp3) is 0.200. The van der Waals surface area contributed by atoms with Crippen molar-refractivity contribution in [3.63, 3.8) is 0 Å². The summed E-state index contributed by atoms with van der Waals surface area (Å²) in [5, 5.41) is 0. The molecule has 3 heteroatoms. The van der Waals surface area contributed by atoms with Gasteiger partial charge < -0.3 is 0 Å². The maximum absolute atomic E-state index is 4.02. The second-order valence-electron chi connectivity index (χ2n) is 2.76. The molecule has 1 rings (SSSR count). The highest BCUT2D eigenvalue weighted by Crippen LogP contribution is 2.41. The molecule has 0 aromatic heterocycles. The van der Waals surface area contributed by atoms with Crippen molar-refractivity contribution in [1.82, 2.24) is 0 Å². The number of hydrogen-bond donors (Lipinski definition) is 0. The van der Waals surface area contributed by atoms with Gasteiger partial charge in [-0.2, -0.15) is 0 Å². The third-order valence-corrected chi connectivity index (χ3v) is 2.44. The summed E-state index contributed by atoms with van der Waals surface area (Å²) in [6.45, 7) is 4.02. The lowest BCUT2D eigenvalue weighted by Crippen LogP contribution is -1.99. The summed E-state index contributed by atoms with van der Waals surface area (Å²) in [6, 6.07) is 10.1.